The minimum absolute atomic E-state index is 0.257. The highest BCUT2D eigenvalue weighted by Crippen LogP contribution is 2.39. The van der Waals surface area contributed by atoms with E-state index in [4.69, 9.17) is 21.9 Å². The Hall–Kier alpha value is -0.960. The highest BCUT2D eigenvalue weighted by Gasteiger charge is 2.28. The van der Waals surface area contributed by atoms with Gasteiger partial charge in [-0.2, -0.15) is 5.10 Å². The molecule has 1 unspecified atom stereocenters. The molecule has 8 heteroatoms. The van der Waals surface area contributed by atoms with E-state index < -0.39 is 0 Å². The molecule has 0 radical (unpaired) electrons. The fourth-order valence-electron chi connectivity index (χ4n) is 2.93. The fraction of sp³-hybridized carbons (Fsp3) is 0.500. The minimum atomic E-state index is 0.257. The summed E-state index contributed by atoms with van der Waals surface area (Å²) in [7, 11) is 0. The second-order valence-electron chi connectivity index (χ2n) is 5.77. The number of H-pyrrole nitrogens is 1. The lowest BCUT2D eigenvalue weighted by Gasteiger charge is -2.26. The number of hydrogen-bond acceptors (Lipinski definition) is 6. The molecule has 1 N–H and O–H groups in total. The zero-order valence-electron chi connectivity index (χ0n) is 12.5. The van der Waals surface area contributed by atoms with E-state index in [1.807, 2.05) is 10.7 Å². The molecular formula is C14H16N4OS3. The average molecular weight is 353 g/mol. The average Bonchev–Trinajstić information content (AvgIpc) is 3.06. The molecule has 1 aliphatic rings. The van der Waals surface area contributed by atoms with E-state index in [2.05, 4.69) is 24.0 Å². The van der Waals surface area contributed by atoms with Crippen LogP contribution in [0.15, 0.2) is 5.16 Å². The highest BCUT2D eigenvalue weighted by molar-refractivity contribution is 7.98. The fourth-order valence-corrected chi connectivity index (χ4v) is 4.92. The van der Waals surface area contributed by atoms with Crippen molar-refractivity contribution in [2.75, 3.05) is 6.26 Å². The molecule has 0 aromatic carbocycles. The molecule has 5 nitrogen and oxygen atoms in total. The number of thioether (sulfide) groups is 1. The van der Waals surface area contributed by atoms with E-state index in [-0.39, 0.29) is 6.10 Å². The van der Waals surface area contributed by atoms with Crippen molar-refractivity contribution in [1.82, 2.24) is 19.6 Å². The first-order chi connectivity index (χ1) is 10.6. The Morgan fingerprint density at radius 1 is 1.50 bits per heavy atom. The number of aromatic nitrogens is 4. The van der Waals surface area contributed by atoms with Crippen LogP contribution in [0.2, 0.25) is 0 Å². The Balaban J connectivity index is 2.04. The summed E-state index contributed by atoms with van der Waals surface area (Å²) in [6.45, 7) is 5.08. The van der Waals surface area contributed by atoms with E-state index in [0.717, 1.165) is 27.4 Å². The van der Waals surface area contributed by atoms with Gasteiger partial charge in [0, 0.05) is 11.3 Å². The Labute approximate surface area is 141 Å². The Morgan fingerprint density at radius 3 is 3.05 bits per heavy atom. The molecule has 0 spiro atoms. The van der Waals surface area contributed by atoms with Crippen LogP contribution < -0.4 is 0 Å². The summed E-state index contributed by atoms with van der Waals surface area (Å²) in [4.78, 5) is 7.10. The molecule has 3 aromatic rings. The summed E-state index contributed by atoms with van der Waals surface area (Å²) < 4.78 is 8.53. The van der Waals surface area contributed by atoms with Crippen LogP contribution in [0.3, 0.4) is 0 Å². The number of thiophene rings is 1. The molecule has 0 aliphatic carbocycles. The van der Waals surface area contributed by atoms with Crippen LogP contribution in [0.5, 0.6) is 0 Å². The lowest BCUT2D eigenvalue weighted by molar-refractivity contribution is 0.00203. The van der Waals surface area contributed by atoms with Crippen LogP contribution in [0.25, 0.3) is 15.9 Å². The second-order valence-corrected chi connectivity index (χ2v) is 8.01. The lowest BCUT2D eigenvalue weighted by Crippen LogP contribution is -2.26. The third kappa shape index (κ3) is 2.05. The molecule has 0 amide bonds. The predicted octanol–water partition coefficient (Wildman–Crippen LogP) is 3.82. The van der Waals surface area contributed by atoms with Gasteiger partial charge in [-0.05, 0) is 30.0 Å². The van der Waals surface area contributed by atoms with Gasteiger partial charge in [0.2, 0.25) is 4.77 Å². The van der Waals surface area contributed by atoms with Gasteiger partial charge < -0.3 is 4.74 Å². The molecule has 22 heavy (non-hydrogen) atoms. The summed E-state index contributed by atoms with van der Waals surface area (Å²) in [6.07, 6.45) is 3.18. The topological polar surface area (TPSA) is 55.2 Å². The number of fused-ring (bicyclic) bond motifs is 5. The first-order valence-electron chi connectivity index (χ1n) is 7.17. The van der Waals surface area contributed by atoms with Crippen LogP contribution in [0.1, 0.15) is 24.3 Å². The van der Waals surface area contributed by atoms with Gasteiger partial charge >= 0.3 is 0 Å². The van der Waals surface area contributed by atoms with Crippen molar-refractivity contribution in [3.8, 4) is 0 Å². The van der Waals surface area contributed by atoms with Crippen LogP contribution in [-0.2, 0) is 17.8 Å². The molecule has 1 aliphatic heterocycles. The first kappa shape index (κ1) is 14.6. The van der Waals surface area contributed by atoms with Gasteiger partial charge in [0.05, 0.1) is 18.1 Å². The van der Waals surface area contributed by atoms with Crippen LogP contribution in [0, 0.1) is 10.7 Å². The summed E-state index contributed by atoms with van der Waals surface area (Å²) >= 11 is 8.67. The second kappa shape index (κ2) is 5.30. The van der Waals surface area contributed by atoms with Crippen molar-refractivity contribution in [3.63, 3.8) is 0 Å². The van der Waals surface area contributed by atoms with E-state index in [1.165, 1.54) is 10.4 Å². The van der Waals surface area contributed by atoms with Crippen molar-refractivity contribution in [2.24, 2.45) is 5.92 Å². The third-order valence-electron chi connectivity index (χ3n) is 4.12. The molecule has 0 saturated heterocycles. The SMILES string of the molecule is CSc1nc2sc3c(c2c2n[nH]c(=S)n12)CC(C(C)C)OC3. The predicted molar refractivity (Wildman–Crippen MR) is 92.5 cm³/mol. The Kier molecular flexibility index (Phi) is 3.52. The quantitative estimate of drug-likeness (QED) is 0.432. The molecular weight excluding hydrogens is 336 g/mol. The van der Waals surface area contributed by atoms with Crippen LogP contribution >= 0.6 is 35.3 Å². The van der Waals surface area contributed by atoms with E-state index in [9.17, 15) is 0 Å². The van der Waals surface area contributed by atoms with Crippen LogP contribution in [0.4, 0.5) is 0 Å². The van der Waals surface area contributed by atoms with E-state index >= 15 is 0 Å². The van der Waals surface area contributed by atoms with E-state index in [1.54, 1.807) is 23.1 Å². The van der Waals surface area contributed by atoms with Crippen molar-refractivity contribution in [1.29, 1.82) is 0 Å². The molecule has 0 bridgehead atoms. The third-order valence-corrected chi connectivity index (χ3v) is 6.13. The largest absolute Gasteiger partial charge is 0.372 e. The minimum Gasteiger partial charge on any atom is -0.372 e. The maximum Gasteiger partial charge on any atom is 0.201 e. The summed E-state index contributed by atoms with van der Waals surface area (Å²) in [5.41, 5.74) is 2.23. The number of nitrogens with zero attached hydrogens (tertiary/aromatic N) is 3. The molecule has 0 saturated carbocycles. The summed E-state index contributed by atoms with van der Waals surface area (Å²) in [6, 6.07) is 0. The number of ether oxygens (including phenoxy) is 1. The van der Waals surface area contributed by atoms with Crippen molar-refractivity contribution in [3.05, 3.63) is 15.2 Å². The van der Waals surface area contributed by atoms with Crippen molar-refractivity contribution < 1.29 is 4.74 Å². The molecule has 3 aromatic heterocycles. The maximum absolute atomic E-state index is 5.99. The molecule has 4 rings (SSSR count). The van der Waals surface area contributed by atoms with Crippen LogP contribution in [-0.4, -0.2) is 31.9 Å². The Morgan fingerprint density at radius 2 is 2.32 bits per heavy atom. The monoisotopic (exact) mass is 352 g/mol. The zero-order chi connectivity index (χ0) is 15.4. The number of nitrogens with one attached hydrogen (secondary N) is 1. The van der Waals surface area contributed by atoms with Gasteiger partial charge in [0.1, 0.15) is 4.83 Å². The van der Waals surface area contributed by atoms with E-state index in [0.29, 0.717) is 17.3 Å². The van der Waals surface area contributed by atoms with Crippen molar-refractivity contribution >= 4 is 51.2 Å². The first-order valence-corrected chi connectivity index (χ1v) is 9.62. The highest BCUT2D eigenvalue weighted by atomic mass is 32.2. The molecule has 0 fully saturated rings. The number of hydrogen-bond donors (Lipinski definition) is 1. The molecule has 4 heterocycles. The van der Waals surface area contributed by atoms with Crippen molar-refractivity contribution in [2.45, 2.75) is 38.1 Å². The maximum atomic E-state index is 5.99. The van der Waals surface area contributed by atoms with Gasteiger partial charge in [-0.25, -0.2) is 9.38 Å². The van der Waals surface area contributed by atoms with Gasteiger partial charge in [0.15, 0.2) is 10.8 Å². The van der Waals surface area contributed by atoms with Gasteiger partial charge in [-0.3, -0.25) is 5.10 Å². The standard InChI is InChI=1S/C14H16N4OS3/c1-6(2)8-4-7-9(5-19-8)22-12-10(7)11-16-17-13(20)18(11)14(15-12)21-3/h6,8H,4-5H2,1-3H3,(H,17,20). The zero-order valence-corrected chi connectivity index (χ0v) is 15.0. The lowest BCUT2D eigenvalue weighted by atomic mass is 9.96. The molecule has 1 atom stereocenters. The number of rotatable bonds is 2. The summed E-state index contributed by atoms with van der Waals surface area (Å²) in [5.74, 6) is 0.498. The van der Waals surface area contributed by atoms with Gasteiger partial charge in [-0.1, -0.05) is 25.6 Å². The molecule has 116 valence electrons. The smallest absolute Gasteiger partial charge is 0.201 e. The van der Waals surface area contributed by atoms with Gasteiger partial charge in [0.25, 0.3) is 0 Å². The van der Waals surface area contributed by atoms with Gasteiger partial charge in [-0.15, -0.1) is 11.3 Å². The summed E-state index contributed by atoms with van der Waals surface area (Å²) in [5, 5.41) is 9.39. The Bertz CT molecular complexity index is 924. The normalized spacial score (nSPS) is 18.5. The number of aromatic amines is 1.